The van der Waals surface area contributed by atoms with Crippen LogP contribution in [-0.2, 0) is 32.1 Å². The molecule has 6 N–H and O–H groups in total. The molecule has 2 aromatic carbocycles. The second-order valence-electron chi connectivity index (χ2n) is 13.3. The number of alkyl carbamates (subject to hydrolysis) is 1. The fourth-order valence-electron chi connectivity index (χ4n) is 5.15. The van der Waals surface area contributed by atoms with Crippen molar-refractivity contribution in [2.24, 2.45) is 11.8 Å². The number of hydrogen-bond acceptors (Lipinski definition) is 7. The highest BCUT2D eigenvalue weighted by Gasteiger charge is 2.32. The van der Waals surface area contributed by atoms with Gasteiger partial charge in [-0.15, -0.1) is 0 Å². The highest BCUT2D eigenvalue weighted by molar-refractivity contribution is 5.91. The van der Waals surface area contributed by atoms with Gasteiger partial charge in [-0.3, -0.25) is 14.4 Å². The van der Waals surface area contributed by atoms with Crippen molar-refractivity contribution in [2.45, 2.75) is 111 Å². The van der Waals surface area contributed by atoms with E-state index in [1.807, 2.05) is 102 Å². The molecule has 11 heteroatoms. The second kappa shape index (κ2) is 21.8. The summed E-state index contributed by atoms with van der Waals surface area (Å²) in [4.78, 5) is 52.5. The maximum Gasteiger partial charge on any atom is 0.408 e. The Labute approximate surface area is 286 Å². The van der Waals surface area contributed by atoms with E-state index in [2.05, 4.69) is 26.6 Å². The lowest BCUT2D eigenvalue weighted by Crippen LogP contribution is -2.58. The van der Waals surface area contributed by atoms with Crippen molar-refractivity contribution in [3.63, 3.8) is 0 Å². The number of ether oxygens (including phenoxy) is 1. The van der Waals surface area contributed by atoms with Crippen LogP contribution in [0.3, 0.4) is 0 Å². The van der Waals surface area contributed by atoms with Gasteiger partial charge < -0.3 is 36.4 Å². The molecule has 0 unspecified atom stereocenters. The van der Waals surface area contributed by atoms with Crippen molar-refractivity contribution < 1.29 is 29.0 Å². The van der Waals surface area contributed by atoms with Crippen LogP contribution in [0.15, 0.2) is 60.7 Å². The van der Waals surface area contributed by atoms with Gasteiger partial charge in [0.2, 0.25) is 17.7 Å². The van der Waals surface area contributed by atoms with Crippen LogP contribution in [0, 0.1) is 11.8 Å². The largest absolute Gasteiger partial charge is 0.445 e. The molecule has 0 bridgehead atoms. The first-order chi connectivity index (χ1) is 22.8. The molecule has 0 fully saturated rings. The first-order valence-corrected chi connectivity index (χ1v) is 17.2. The fourth-order valence-corrected chi connectivity index (χ4v) is 5.15. The van der Waals surface area contributed by atoms with Gasteiger partial charge in [0, 0.05) is 12.6 Å². The number of aliphatic hydroxyl groups excluding tert-OH is 1. The zero-order valence-electron chi connectivity index (χ0n) is 29.5. The van der Waals surface area contributed by atoms with Gasteiger partial charge in [-0.1, -0.05) is 102 Å². The Kier molecular flexibility index (Phi) is 18.3. The van der Waals surface area contributed by atoms with Crippen molar-refractivity contribution in [1.82, 2.24) is 26.6 Å². The minimum atomic E-state index is -1.13. The normalized spacial score (nSPS) is 13.8. The lowest BCUT2D eigenvalue weighted by atomic mass is 9.95. The Morgan fingerprint density at radius 3 is 1.98 bits per heavy atom. The summed E-state index contributed by atoms with van der Waals surface area (Å²) in [5, 5.41) is 25.6. The molecule has 0 heterocycles. The zero-order valence-corrected chi connectivity index (χ0v) is 29.5. The van der Waals surface area contributed by atoms with Gasteiger partial charge in [0.05, 0.1) is 18.6 Å². The molecule has 4 atom stereocenters. The maximum absolute atomic E-state index is 13.6. The Hall–Kier alpha value is -3.96. The number of nitrogens with one attached hydrogen (secondary N) is 5. The average molecular weight is 668 g/mol. The number of carbonyl (C=O) groups excluding carboxylic acids is 4. The summed E-state index contributed by atoms with van der Waals surface area (Å²) in [5.74, 6) is -1.48. The zero-order chi connectivity index (χ0) is 35.5. The number of amides is 4. The van der Waals surface area contributed by atoms with E-state index in [9.17, 15) is 24.3 Å². The molecule has 0 radical (unpaired) electrons. The summed E-state index contributed by atoms with van der Waals surface area (Å²) in [6, 6.07) is 16.7. The molecular formula is C37H57N5O6. The van der Waals surface area contributed by atoms with Crippen LogP contribution < -0.4 is 26.6 Å². The van der Waals surface area contributed by atoms with Crippen molar-refractivity contribution in [3.8, 4) is 0 Å². The highest BCUT2D eigenvalue weighted by atomic mass is 16.5. The average Bonchev–Trinajstić information content (AvgIpc) is 3.04. The molecule has 0 aliphatic heterocycles. The molecule has 11 nitrogen and oxygen atoms in total. The van der Waals surface area contributed by atoms with Crippen LogP contribution in [-0.4, -0.2) is 72.3 Å². The molecular weight excluding hydrogens is 610 g/mol. The van der Waals surface area contributed by atoms with E-state index < -0.39 is 42.1 Å². The first-order valence-electron chi connectivity index (χ1n) is 17.2. The molecule has 2 aromatic rings. The summed E-state index contributed by atoms with van der Waals surface area (Å²) < 4.78 is 5.36. The molecule has 48 heavy (non-hydrogen) atoms. The number of carbonyl (C=O) groups is 4. The van der Waals surface area contributed by atoms with Crippen LogP contribution in [0.25, 0.3) is 0 Å². The highest BCUT2D eigenvalue weighted by Crippen LogP contribution is 2.14. The Balaban J connectivity index is 2.04. The standard InChI is InChI=1S/C37H57N5O6/c1-25(2)22-31(32(43)23-33(44)39-21-19-28-14-9-7-10-15-28)40-36(46)34(26(3)4)42-35(45)30(18-13-20-38-27(5)6)41-37(47)48-24-29-16-11-8-12-17-29/h7-12,14-17,25-27,30-32,34,38,43H,13,18-24H2,1-6H3,(H,39,44)(H,40,46)(H,41,47)(H,42,45)/t30-,31-,32-,34-/m0/s1. The van der Waals surface area contributed by atoms with Gasteiger partial charge in [-0.25, -0.2) is 4.79 Å². The van der Waals surface area contributed by atoms with Gasteiger partial charge in [0.1, 0.15) is 18.7 Å². The van der Waals surface area contributed by atoms with Crippen molar-refractivity contribution in [3.05, 3.63) is 71.8 Å². The summed E-state index contributed by atoms with van der Waals surface area (Å²) in [6.07, 6.45) is -0.00604. The van der Waals surface area contributed by atoms with Crippen LogP contribution in [0.1, 0.15) is 78.4 Å². The van der Waals surface area contributed by atoms with E-state index in [0.29, 0.717) is 38.8 Å². The van der Waals surface area contributed by atoms with Gasteiger partial charge >= 0.3 is 6.09 Å². The lowest BCUT2D eigenvalue weighted by molar-refractivity contribution is -0.132. The van der Waals surface area contributed by atoms with E-state index in [4.69, 9.17) is 4.74 Å². The molecule has 0 saturated carbocycles. The number of rotatable bonds is 21. The fraction of sp³-hybridized carbons (Fsp3) is 0.568. The van der Waals surface area contributed by atoms with Gasteiger partial charge in [0.25, 0.3) is 0 Å². The SMILES string of the molecule is CC(C)C[C@H](NC(=O)[C@@H](NC(=O)[C@H](CCCNC(C)C)NC(=O)OCc1ccccc1)C(C)C)[C@@H](O)CC(=O)NCCc1ccccc1. The van der Waals surface area contributed by atoms with Crippen LogP contribution in [0.2, 0.25) is 0 Å². The monoisotopic (exact) mass is 667 g/mol. The third-order valence-electron chi connectivity index (χ3n) is 7.78. The molecule has 0 aliphatic rings. The van der Waals surface area contributed by atoms with Crippen LogP contribution in [0.4, 0.5) is 4.79 Å². The van der Waals surface area contributed by atoms with E-state index in [-0.39, 0.29) is 36.8 Å². The van der Waals surface area contributed by atoms with Crippen molar-refractivity contribution >= 4 is 23.8 Å². The summed E-state index contributed by atoms with van der Waals surface area (Å²) in [6.45, 7) is 12.7. The summed E-state index contributed by atoms with van der Waals surface area (Å²) >= 11 is 0. The van der Waals surface area contributed by atoms with E-state index >= 15 is 0 Å². The molecule has 266 valence electrons. The first kappa shape index (κ1) is 40.2. The molecule has 2 rings (SSSR count). The quantitative estimate of drug-likeness (QED) is 0.110. The van der Waals surface area contributed by atoms with Crippen LogP contribution >= 0.6 is 0 Å². The topological polar surface area (TPSA) is 158 Å². The lowest BCUT2D eigenvalue weighted by Gasteiger charge is -2.30. The minimum Gasteiger partial charge on any atom is -0.445 e. The van der Waals surface area contributed by atoms with E-state index in [1.165, 1.54) is 0 Å². The van der Waals surface area contributed by atoms with E-state index in [1.54, 1.807) is 0 Å². The molecule has 0 aromatic heterocycles. The van der Waals surface area contributed by atoms with Gasteiger partial charge in [-0.05, 0) is 55.2 Å². The number of aliphatic hydroxyl groups is 1. The predicted molar refractivity (Wildman–Crippen MR) is 188 cm³/mol. The van der Waals surface area contributed by atoms with Crippen molar-refractivity contribution in [1.29, 1.82) is 0 Å². The maximum atomic E-state index is 13.6. The number of hydrogen-bond donors (Lipinski definition) is 6. The van der Waals surface area contributed by atoms with Crippen LogP contribution in [0.5, 0.6) is 0 Å². The Morgan fingerprint density at radius 1 is 0.771 bits per heavy atom. The van der Waals surface area contributed by atoms with E-state index in [0.717, 1.165) is 11.1 Å². The third-order valence-corrected chi connectivity index (χ3v) is 7.78. The molecule has 0 saturated heterocycles. The molecule has 4 amide bonds. The van der Waals surface area contributed by atoms with Crippen molar-refractivity contribution in [2.75, 3.05) is 13.1 Å². The predicted octanol–water partition coefficient (Wildman–Crippen LogP) is 3.84. The Morgan fingerprint density at radius 2 is 1.40 bits per heavy atom. The summed E-state index contributed by atoms with van der Waals surface area (Å²) in [5.41, 5.74) is 1.91. The smallest absolute Gasteiger partial charge is 0.408 e. The second-order valence-corrected chi connectivity index (χ2v) is 13.3. The molecule has 0 aliphatic carbocycles. The Bertz CT molecular complexity index is 1240. The van der Waals surface area contributed by atoms with Gasteiger partial charge in [0.15, 0.2) is 0 Å². The van der Waals surface area contributed by atoms with Gasteiger partial charge in [-0.2, -0.15) is 0 Å². The summed E-state index contributed by atoms with van der Waals surface area (Å²) in [7, 11) is 0. The minimum absolute atomic E-state index is 0.0531. The number of benzene rings is 2. The molecule has 0 spiro atoms. The third kappa shape index (κ3) is 16.2.